The summed E-state index contributed by atoms with van der Waals surface area (Å²) >= 11 is 0. The lowest BCUT2D eigenvalue weighted by atomic mass is 9.84. The van der Waals surface area contributed by atoms with Crippen LogP contribution in [0.5, 0.6) is 0 Å². The van der Waals surface area contributed by atoms with Crippen LogP contribution in [0.3, 0.4) is 0 Å². The molecule has 18 nitrogen and oxygen atoms in total. The summed E-state index contributed by atoms with van der Waals surface area (Å²) in [6.07, 6.45) is 7.58. The van der Waals surface area contributed by atoms with E-state index in [1.165, 1.54) is 15.8 Å². The van der Waals surface area contributed by atoms with Gasteiger partial charge in [0.1, 0.15) is 17.7 Å². The van der Waals surface area contributed by atoms with Gasteiger partial charge in [-0.2, -0.15) is 5.10 Å². The number of unbranched alkanes of at least 4 members (excludes halogenated alkanes) is 1. The van der Waals surface area contributed by atoms with E-state index >= 15 is 0 Å². The summed E-state index contributed by atoms with van der Waals surface area (Å²) in [6.45, 7) is 3.18. The van der Waals surface area contributed by atoms with Crippen LogP contribution in [-0.2, 0) is 24.8 Å². The monoisotopic (exact) mass is 736 g/mol. The minimum Gasteiger partial charge on any atom is -0.465 e. The Kier molecular flexibility index (Phi) is 12.4. The molecule has 1 aliphatic carbocycles. The molecular weight excluding hydrogens is 688 g/mol. The van der Waals surface area contributed by atoms with Crippen LogP contribution >= 0.6 is 0 Å². The summed E-state index contributed by atoms with van der Waals surface area (Å²) in [5.74, 6) is -3.86. The Hall–Kier alpha value is -5.39. The number of aromatic amines is 1. The second kappa shape index (κ2) is 17.0. The Bertz CT molecular complexity index is 1810. The van der Waals surface area contributed by atoms with E-state index in [1.807, 2.05) is 6.07 Å². The number of Topliss-reactive ketones (excluding diaryl/α,β-unsaturated/α-hetero) is 1. The van der Waals surface area contributed by atoms with Crippen LogP contribution < -0.4 is 21.7 Å². The Morgan fingerprint density at radius 2 is 1.79 bits per heavy atom. The molecule has 18 heteroatoms. The lowest BCUT2D eigenvalue weighted by Gasteiger charge is -2.32. The zero-order valence-electron chi connectivity index (χ0n) is 29.9. The summed E-state index contributed by atoms with van der Waals surface area (Å²) in [5.41, 5.74) is 5.13. The largest absolute Gasteiger partial charge is 0.465 e. The number of fused-ring (bicyclic) bond motifs is 1. The van der Waals surface area contributed by atoms with Crippen LogP contribution in [-0.4, -0.2) is 107 Å². The van der Waals surface area contributed by atoms with Crippen LogP contribution in [0.1, 0.15) is 100 Å². The van der Waals surface area contributed by atoms with Gasteiger partial charge in [0.2, 0.25) is 17.6 Å². The van der Waals surface area contributed by atoms with Crippen molar-refractivity contribution in [1.82, 2.24) is 46.0 Å². The molecule has 2 fully saturated rings. The molecule has 3 heterocycles. The van der Waals surface area contributed by atoms with Crippen LogP contribution in [0.4, 0.5) is 4.79 Å². The number of carbonyl (C=O) groups is 6. The Labute approximate surface area is 305 Å². The van der Waals surface area contributed by atoms with E-state index in [0.29, 0.717) is 29.6 Å². The summed E-state index contributed by atoms with van der Waals surface area (Å²) in [4.78, 5) is 79.8. The van der Waals surface area contributed by atoms with E-state index in [-0.39, 0.29) is 38.3 Å². The van der Waals surface area contributed by atoms with E-state index in [9.17, 15) is 33.9 Å². The number of rotatable bonds is 16. The molecular formula is C35H48N10O8. The molecule has 5 rings (SSSR count). The highest BCUT2D eigenvalue weighted by atomic mass is 16.4. The first-order chi connectivity index (χ1) is 25.2. The number of carbonyl (C=O) groups excluding carboxylic acids is 5. The quantitative estimate of drug-likeness (QED) is 0.0813. The number of carboxylic acid groups (broad SMARTS) is 1. The zero-order chi connectivity index (χ0) is 38.3. The van der Waals surface area contributed by atoms with Gasteiger partial charge in [0.05, 0.1) is 41.3 Å². The molecule has 4 atom stereocenters. The number of likely N-dealkylation sites (tertiary alicyclic amines) is 1. The van der Waals surface area contributed by atoms with Crippen molar-refractivity contribution in [3.63, 3.8) is 0 Å². The maximum atomic E-state index is 14.8. The van der Waals surface area contributed by atoms with Crippen molar-refractivity contribution in [2.75, 3.05) is 13.1 Å². The van der Waals surface area contributed by atoms with Crippen molar-refractivity contribution in [1.29, 1.82) is 0 Å². The predicted molar refractivity (Wildman–Crippen MR) is 189 cm³/mol. The fourth-order valence-electron chi connectivity index (χ4n) is 7.38. The first-order valence-corrected chi connectivity index (χ1v) is 18.0. The fourth-order valence-corrected chi connectivity index (χ4v) is 7.38. The molecule has 1 saturated heterocycles. The zero-order valence-corrected chi connectivity index (χ0v) is 29.9. The highest BCUT2D eigenvalue weighted by molar-refractivity contribution is 6.37. The van der Waals surface area contributed by atoms with Gasteiger partial charge < -0.3 is 36.8 Å². The van der Waals surface area contributed by atoms with Gasteiger partial charge in [-0.3, -0.25) is 29.1 Å². The van der Waals surface area contributed by atoms with Crippen LogP contribution in [0, 0.1) is 5.92 Å². The highest BCUT2D eigenvalue weighted by Gasteiger charge is 2.45. The molecule has 2 aliphatic rings. The van der Waals surface area contributed by atoms with E-state index in [0.717, 1.165) is 37.5 Å². The maximum Gasteiger partial charge on any atom is 0.404 e. The van der Waals surface area contributed by atoms with Gasteiger partial charge in [0.25, 0.3) is 11.8 Å². The van der Waals surface area contributed by atoms with E-state index in [4.69, 9.17) is 10.8 Å². The second-order valence-electron chi connectivity index (χ2n) is 14.4. The smallest absolute Gasteiger partial charge is 0.404 e. The highest BCUT2D eigenvalue weighted by Crippen LogP contribution is 2.34. The number of amides is 5. The number of aromatic nitrogens is 5. The van der Waals surface area contributed by atoms with Crippen LogP contribution in [0.25, 0.3) is 10.9 Å². The first-order valence-electron chi connectivity index (χ1n) is 18.0. The number of primary amides is 1. The van der Waals surface area contributed by atoms with E-state index < -0.39 is 65.3 Å². The minimum absolute atomic E-state index is 0.00958. The lowest BCUT2D eigenvalue weighted by molar-refractivity contribution is -0.142. The third-order valence-electron chi connectivity index (χ3n) is 10.1. The Morgan fingerprint density at radius 1 is 1.04 bits per heavy atom. The van der Waals surface area contributed by atoms with Crippen LogP contribution in [0.2, 0.25) is 0 Å². The number of hydrogen-bond donors (Lipinski definition) is 7. The van der Waals surface area contributed by atoms with Gasteiger partial charge in [0.15, 0.2) is 0 Å². The van der Waals surface area contributed by atoms with Crippen molar-refractivity contribution in [2.24, 2.45) is 11.7 Å². The number of nitrogens with one attached hydrogen (secondary N) is 4. The molecule has 1 aliphatic heterocycles. The van der Waals surface area contributed by atoms with Crippen molar-refractivity contribution in [2.45, 2.75) is 108 Å². The number of aliphatic hydroxyl groups is 1. The molecule has 1 aromatic carbocycles. The number of H-pyrrole nitrogens is 1. The SMILES string of the molecule is CC(C)(O)c1cnnn1[C@H]1C[C@@H](C(=O)NC(CCCCNC(=O)O)C(=O)C(N)=O)N(C(=O)C(CC2CCCCC2)NC(=O)c2cccc3cn[nH]c23)C1. The molecule has 0 radical (unpaired) electrons. The number of nitrogens with two attached hydrogens (primary N) is 1. The molecule has 1 saturated carbocycles. The standard InChI is InChI=1S/C35H48N10O8/c1-35(2,53)27-18-39-43-45(27)22-16-26(32(49)40-24(29(46)30(36)47)13-6-7-14-37-34(51)52)44(19-22)33(50)25(15-20-9-4-3-5-10-20)41-31(48)23-12-8-11-21-17-38-42-28(21)23/h8,11-12,17-18,20,22,24-26,37,53H,3-7,9-10,13-16,19H2,1-2H3,(H2,36,47)(H,38,42)(H,40,49)(H,41,48)(H,51,52)/t22-,24?,25?,26-/m0/s1. The molecule has 2 unspecified atom stereocenters. The molecule has 8 N–H and O–H groups in total. The minimum atomic E-state index is -1.36. The maximum absolute atomic E-state index is 14.8. The Balaban J connectivity index is 1.44. The molecule has 286 valence electrons. The molecule has 53 heavy (non-hydrogen) atoms. The van der Waals surface area contributed by atoms with Crippen molar-refractivity contribution < 1.29 is 39.0 Å². The van der Waals surface area contributed by atoms with Crippen molar-refractivity contribution >= 4 is 46.4 Å². The molecule has 2 aromatic heterocycles. The summed E-state index contributed by atoms with van der Waals surface area (Å²) in [7, 11) is 0. The average molecular weight is 737 g/mol. The normalized spacial score (nSPS) is 19.0. The molecule has 3 aromatic rings. The first kappa shape index (κ1) is 38.8. The van der Waals surface area contributed by atoms with Crippen molar-refractivity contribution in [3.05, 3.63) is 41.9 Å². The number of benzene rings is 1. The fraction of sp³-hybridized carbons (Fsp3) is 0.571. The van der Waals surface area contributed by atoms with Gasteiger partial charge in [0, 0.05) is 24.9 Å². The number of nitrogens with zero attached hydrogens (tertiary/aromatic N) is 5. The molecule has 5 amide bonds. The summed E-state index contributed by atoms with van der Waals surface area (Å²) in [6, 6.07) is 1.01. The average Bonchev–Trinajstić information content (AvgIpc) is 3.90. The summed E-state index contributed by atoms with van der Waals surface area (Å²) in [5, 5.41) is 43.3. The van der Waals surface area contributed by atoms with Gasteiger partial charge in [-0.15, -0.1) is 5.10 Å². The summed E-state index contributed by atoms with van der Waals surface area (Å²) < 4.78 is 1.47. The van der Waals surface area contributed by atoms with E-state index in [1.54, 1.807) is 32.2 Å². The third kappa shape index (κ3) is 9.54. The van der Waals surface area contributed by atoms with Gasteiger partial charge in [-0.25, -0.2) is 9.48 Å². The van der Waals surface area contributed by atoms with E-state index in [2.05, 4.69) is 36.5 Å². The van der Waals surface area contributed by atoms with Crippen molar-refractivity contribution in [3.8, 4) is 0 Å². The lowest BCUT2D eigenvalue weighted by Crippen LogP contribution is -2.56. The van der Waals surface area contributed by atoms with Gasteiger partial charge in [-0.1, -0.05) is 49.5 Å². The Morgan fingerprint density at radius 3 is 2.49 bits per heavy atom. The number of hydrogen-bond acceptors (Lipinski definition) is 10. The second-order valence-corrected chi connectivity index (χ2v) is 14.4. The molecule has 0 spiro atoms. The topological polar surface area (TPSA) is 268 Å². The van der Waals surface area contributed by atoms with Gasteiger partial charge >= 0.3 is 6.09 Å². The number of para-hydroxylation sites is 1. The predicted octanol–water partition coefficient (Wildman–Crippen LogP) is 1.27. The molecule has 0 bridgehead atoms. The third-order valence-corrected chi connectivity index (χ3v) is 10.1. The van der Waals surface area contributed by atoms with Gasteiger partial charge in [-0.05, 0) is 51.5 Å². The number of ketones is 1. The van der Waals surface area contributed by atoms with Crippen LogP contribution in [0.15, 0.2) is 30.6 Å².